The lowest BCUT2D eigenvalue weighted by atomic mass is 9.97. The van der Waals surface area contributed by atoms with Crippen LogP contribution >= 0.6 is 0 Å². The molecule has 2 N–H and O–H groups in total. The van der Waals surface area contributed by atoms with Crippen LogP contribution in [0.4, 0.5) is 0 Å². The first-order valence-corrected chi connectivity index (χ1v) is 17.7. The van der Waals surface area contributed by atoms with E-state index in [1.54, 1.807) is 0 Å². The molecule has 0 unspecified atom stereocenters. The molecular weight excluding hydrogens is 516 g/mol. The van der Waals surface area contributed by atoms with Crippen molar-refractivity contribution in [2.45, 2.75) is 170 Å². The zero-order valence-electron chi connectivity index (χ0n) is 28.7. The third-order valence-corrected chi connectivity index (χ3v) is 8.03. The lowest BCUT2D eigenvalue weighted by molar-refractivity contribution is -0.122. The molecule has 0 rings (SSSR count). The SMILES string of the molecule is CC(C)CCC[C@@H](C)CCNC(=O)CCCCCCC#CC#CCCCCCCC(=O)NCC[C@H](C)CCCC(C)C. The van der Waals surface area contributed by atoms with Crippen LogP contribution in [0.25, 0.3) is 0 Å². The van der Waals surface area contributed by atoms with Gasteiger partial charge in [-0.25, -0.2) is 0 Å². The molecule has 0 aromatic rings. The average Bonchev–Trinajstić information content (AvgIpc) is 2.92. The molecule has 0 radical (unpaired) electrons. The van der Waals surface area contributed by atoms with Gasteiger partial charge in [-0.2, -0.15) is 0 Å². The number of hydrogen-bond donors (Lipinski definition) is 2. The molecule has 0 aliphatic heterocycles. The number of rotatable bonds is 26. The molecule has 0 heterocycles. The Morgan fingerprint density at radius 3 is 1.24 bits per heavy atom. The Morgan fingerprint density at radius 2 is 0.857 bits per heavy atom. The summed E-state index contributed by atoms with van der Waals surface area (Å²) in [6.45, 7) is 15.3. The second kappa shape index (κ2) is 29.1. The molecular formula is C38H68N2O2. The van der Waals surface area contributed by atoms with Crippen LogP contribution in [-0.4, -0.2) is 24.9 Å². The van der Waals surface area contributed by atoms with Crippen molar-refractivity contribution in [3.05, 3.63) is 0 Å². The molecule has 0 aliphatic carbocycles. The monoisotopic (exact) mass is 585 g/mol. The van der Waals surface area contributed by atoms with Gasteiger partial charge >= 0.3 is 0 Å². The maximum Gasteiger partial charge on any atom is 0.219 e. The van der Waals surface area contributed by atoms with Gasteiger partial charge in [0.1, 0.15) is 0 Å². The zero-order chi connectivity index (χ0) is 31.3. The van der Waals surface area contributed by atoms with E-state index in [1.165, 1.54) is 38.5 Å². The van der Waals surface area contributed by atoms with Gasteiger partial charge in [-0.3, -0.25) is 9.59 Å². The van der Waals surface area contributed by atoms with Crippen LogP contribution in [0.3, 0.4) is 0 Å². The van der Waals surface area contributed by atoms with Gasteiger partial charge in [0.05, 0.1) is 0 Å². The summed E-state index contributed by atoms with van der Waals surface area (Å²) >= 11 is 0. The summed E-state index contributed by atoms with van der Waals surface area (Å²) in [6.07, 6.45) is 21.5. The highest BCUT2D eigenvalue weighted by Gasteiger charge is 2.07. The normalized spacial score (nSPS) is 12.3. The molecule has 4 heteroatoms. The van der Waals surface area contributed by atoms with Gasteiger partial charge in [0.25, 0.3) is 0 Å². The predicted molar refractivity (Wildman–Crippen MR) is 182 cm³/mol. The summed E-state index contributed by atoms with van der Waals surface area (Å²) in [5.74, 6) is 15.6. The van der Waals surface area contributed by atoms with Crippen LogP contribution in [0.2, 0.25) is 0 Å². The Kier molecular flexibility index (Phi) is 27.8. The van der Waals surface area contributed by atoms with E-state index in [-0.39, 0.29) is 11.8 Å². The minimum Gasteiger partial charge on any atom is -0.356 e. The molecule has 0 aliphatic rings. The van der Waals surface area contributed by atoms with Crippen molar-refractivity contribution in [3.63, 3.8) is 0 Å². The van der Waals surface area contributed by atoms with Crippen molar-refractivity contribution in [2.75, 3.05) is 13.1 Å². The first kappa shape index (κ1) is 40.1. The molecule has 4 nitrogen and oxygen atoms in total. The molecule has 0 saturated carbocycles. The van der Waals surface area contributed by atoms with Gasteiger partial charge < -0.3 is 10.6 Å². The highest BCUT2D eigenvalue weighted by molar-refractivity contribution is 5.76. The molecule has 0 bridgehead atoms. The third kappa shape index (κ3) is 31.0. The number of nitrogens with one attached hydrogen (secondary N) is 2. The smallest absolute Gasteiger partial charge is 0.219 e. The Hall–Kier alpha value is -1.94. The Bertz CT molecular complexity index is 714. The van der Waals surface area contributed by atoms with Gasteiger partial charge in [0.15, 0.2) is 0 Å². The molecule has 242 valence electrons. The molecule has 2 amide bonds. The molecule has 0 saturated heterocycles. The van der Waals surface area contributed by atoms with Crippen LogP contribution in [0.15, 0.2) is 0 Å². The lowest BCUT2D eigenvalue weighted by Gasteiger charge is -2.12. The molecule has 0 aromatic heterocycles. The number of amides is 2. The topological polar surface area (TPSA) is 58.2 Å². The summed E-state index contributed by atoms with van der Waals surface area (Å²) in [4.78, 5) is 24.0. The maximum atomic E-state index is 12.0. The van der Waals surface area contributed by atoms with E-state index in [2.05, 4.69) is 75.9 Å². The first-order valence-electron chi connectivity index (χ1n) is 17.7. The zero-order valence-corrected chi connectivity index (χ0v) is 28.7. The molecule has 0 aromatic carbocycles. The van der Waals surface area contributed by atoms with Gasteiger partial charge in [0, 0.05) is 38.8 Å². The summed E-state index contributed by atoms with van der Waals surface area (Å²) in [5, 5.41) is 6.18. The third-order valence-electron chi connectivity index (χ3n) is 8.03. The van der Waals surface area contributed by atoms with E-state index in [4.69, 9.17) is 0 Å². The van der Waals surface area contributed by atoms with Crippen molar-refractivity contribution >= 4 is 11.8 Å². The molecule has 42 heavy (non-hydrogen) atoms. The van der Waals surface area contributed by atoms with Gasteiger partial charge in [-0.1, -0.05) is 118 Å². The Labute approximate surface area is 262 Å². The molecule has 0 fully saturated rings. The highest BCUT2D eigenvalue weighted by Crippen LogP contribution is 2.16. The average molecular weight is 585 g/mol. The van der Waals surface area contributed by atoms with E-state index in [1.807, 2.05) is 0 Å². The maximum absolute atomic E-state index is 12.0. The van der Waals surface area contributed by atoms with Crippen molar-refractivity contribution < 1.29 is 9.59 Å². The van der Waals surface area contributed by atoms with E-state index in [0.29, 0.717) is 24.7 Å². The quantitative estimate of drug-likeness (QED) is 0.0785. The fourth-order valence-corrected chi connectivity index (χ4v) is 5.05. The number of carbonyl (C=O) groups excluding carboxylic acids is 2. The minimum atomic E-state index is 0.202. The van der Waals surface area contributed by atoms with Crippen molar-refractivity contribution in [3.8, 4) is 23.7 Å². The van der Waals surface area contributed by atoms with Gasteiger partial charge in [0.2, 0.25) is 11.8 Å². The summed E-state index contributed by atoms with van der Waals surface area (Å²) in [5.41, 5.74) is 0. The lowest BCUT2D eigenvalue weighted by Crippen LogP contribution is -2.25. The minimum absolute atomic E-state index is 0.202. The predicted octanol–water partition coefficient (Wildman–Crippen LogP) is 9.61. The van der Waals surface area contributed by atoms with Gasteiger partial charge in [-0.05, 0) is 74.0 Å². The van der Waals surface area contributed by atoms with Crippen LogP contribution in [0.1, 0.15) is 170 Å². The van der Waals surface area contributed by atoms with E-state index in [9.17, 15) is 9.59 Å². The largest absolute Gasteiger partial charge is 0.356 e. The van der Waals surface area contributed by atoms with Crippen LogP contribution in [0, 0.1) is 47.4 Å². The standard InChI is InChI=1S/C38H68N2O2/c1-33(2)23-21-25-35(5)29-31-39-37(41)27-19-17-15-13-11-9-7-8-10-12-14-16-18-20-28-38(42)40-32-30-36(6)26-22-24-34(3)4/h33-36H,11-32H2,1-6H3,(H,39,41)(H,40,42)/t35-,36-/m1/s1. The van der Waals surface area contributed by atoms with E-state index >= 15 is 0 Å². The summed E-state index contributed by atoms with van der Waals surface area (Å²) < 4.78 is 0. The van der Waals surface area contributed by atoms with Crippen molar-refractivity contribution in [1.29, 1.82) is 0 Å². The van der Waals surface area contributed by atoms with Crippen LogP contribution < -0.4 is 10.6 Å². The summed E-state index contributed by atoms with van der Waals surface area (Å²) in [7, 11) is 0. The second-order valence-corrected chi connectivity index (χ2v) is 13.6. The van der Waals surface area contributed by atoms with Crippen molar-refractivity contribution in [1.82, 2.24) is 10.6 Å². The first-order chi connectivity index (χ1) is 20.2. The Morgan fingerprint density at radius 1 is 0.476 bits per heavy atom. The van der Waals surface area contributed by atoms with Crippen molar-refractivity contribution in [2.24, 2.45) is 23.7 Å². The second-order valence-electron chi connectivity index (χ2n) is 13.6. The molecule has 2 atom stereocenters. The van der Waals surface area contributed by atoms with Crippen LogP contribution in [-0.2, 0) is 9.59 Å². The highest BCUT2D eigenvalue weighted by atomic mass is 16.2. The number of unbranched alkanes of at least 4 members (excludes halogenated alkanes) is 8. The van der Waals surface area contributed by atoms with Crippen LogP contribution in [0.5, 0.6) is 0 Å². The van der Waals surface area contributed by atoms with E-state index in [0.717, 1.165) is 102 Å². The Balaban J connectivity index is 3.52. The molecule has 0 spiro atoms. The van der Waals surface area contributed by atoms with Gasteiger partial charge in [-0.15, -0.1) is 0 Å². The number of hydrogen-bond acceptors (Lipinski definition) is 2. The fraction of sp³-hybridized carbons (Fsp3) is 0.842. The fourth-order valence-electron chi connectivity index (χ4n) is 5.05. The van der Waals surface area contributed by atoms with E-state index < -0.39 is 0 Å². The summed E-state index contributed by atoms with van der Waals surface area (Å²) in [6, 6.07) is 0. The number of carbonyl (C=O) groups is 2.